The van der Waals surface area contributed by atoms with Crippen LogP contribution in [0.4, 0.5) is 11.4 Å². The normalized spacial score (nSPS) is 13.3. The van der Waals surface area contributed by atoms with E-state index in [9.17, 15) is 0 Å². The molecule has 0 saturated carbocycles. The molecule has 3 aromatic rings. The maximum absolute atomic E-state index is 5.88. The Hall–Kier alpha value is -3.00. The molecule has 1 aliphatic rings. The van der Waals surface area contributed by atoms with Crippen LogP contribution in [0.5, 0.6) is 0 Å². The molecule has 124 valence electrons. The Morgan fingerprint density at radius 3 is 1.88 bits per heavy atom. The second kappa shape index (κ2) is 7.49. The van der Waals surface area contributed by atoms with Gasteiger partial charge in [0, 0.05) is 17.1 Å². The maximum Gasteiger partial charge on any atom is 0.113 e. The van der Waals surface area contributed by atoms with Gasteiger partial charge in [-0.25, -0.2) is 0 Å². The Balaban J connectivity index is 1.73. The molecule has 0 bridgehead atoms. The minimum atomic E-state index is 0.779. The minimum absolute atomic E-state index is 0.779. The summed E-state index contributed by atoms with van der Waals surface area (Å²) in [6, 6.07) is 27.2. The van der Waals surface area contributed by atoms with Crippen molar-refractivity contribution in [3.8, 4) is 11.1 Å². The molecule has 0 atom stereocenters. The van der Waals surface area contributed by atoms with Crippen molar-refractivity contribution in [2.75, 3.05) is 4.90 Å². The molecule has 2 heteroatoms. The van der Waals surface area contributed by atoms with E-state index in [4.69, 9.17) is 7.85 Å². The second-order valence-corrected chi connectivity index (χ2v) is 6.45. The Kier molecular flexibility index (Phi) is 4.74. The summed E-state index contributed by atoms with van der Waals surface area (Å²) in [6.07, 6.45) is 8.90. The van der Waals surface area contributed by atoms with Crippen LogP contribution in [0.2, 0.25) is 0 Å². The molecule has 0 unspecified atom stereocenters. The molecule has 0 fully saturated rings. The summed E-state index contributed by atoms with van der Waals surface area (Å²) in [5, 5.41) is 0. The second-order valence-electron chi connectivity index (χ2n) is 6.45. The topological polar surface area (TPSA) is 3.24 Å². The van der Waals surface area contributed by atoms with E-state index in [1.54, 1.807) is 0 Å². The molecule has 1 aliphatic carbocycles. The third kappa shape index (κ3) is 3.50. The van der Waals surface area contributed by atoms with Crippen molar-refractivity contribution in [1.29, 1.82) is 0 Å². The fourth-order valence-electron chi connectivity index (χ4n) is 3.27. The van der Waals surface area contributed by atoms with Crippen LogP contribution in [0.25, 0.3) is 11.1 Å². The quantitative estimate of drug-likeness (QED) is 0.568. The van der Waals surface area contributed by atoms with Crippen LogP contribution in [0, 0.1) is 0 Å². The van der Waals surface area contributed by atoms with Crippen LogP contribution in [-0.4, -0.2) is 7.85 Å². The van der Waals surface area contributed by atoms with Crippen LogP contribution in [0.3, 0.4) is 0 Å². The maximum atomic E-state index is 5.88. The molecule has 0 spiro atoms. The van der Waals surface area contributed by atoms with E-state index >= 15 is 0 Å². The molecule has 0 amide bonds. The Morgan fingerprint density at radius 2 is 1.27 bits per heavy atom. The van der Waals surface area contributed by atoms with Gasteiger partial charge in [-0.1, -0.05) is 72.2 Å². The number of rotatable bonds is 4. The molecule has 1 nitrogen and oxygen atoms in total. The third-order valence-corrected chi connectivity index (χ3v) is 4.62. The van der Waals surface area contributed by atoms with Gasteiger partial charge in [0.2, 0.25) is 0 Å². The number of allylic oxidation sites excluding steroid dienone is 3. The van der Waals surface area contributed by atoms with Crippen molar-refractivity contribution < 1.29 is 0 Å². The monoisotopic (exact) mass is 333 g/mol. The molecule has 26 heavy (non-hydrogen) atoms. The van der Waals surface area contributed by atoms with Crippen LogP contribution in [0.15, 0.2) is 103 Å². The lowest BCUT2D eigenvalue weighted by Crippen LogP contribution is -2.17. The van der Waals surface area contributed by atoms with Gasteiger partial charge in [-0.05, 0) is 54.3 Å². The zero-order chi connectivity index (χ0) is 17.8. The van der Waals surface area contributed by atoms with E-state index in [0.717, 1.165) is 29.7 Å². The highest BCUT2D eigenvalue weighted by molar-refractivity contribution is 6.32. The van der Waals surface area contributed by atoms with Gasteiger partial charge in [0.15, 0.2) is 0 Å². The molecule has 2 radical (unpaired) electrons. The van der Waals surface area contributed by atoms with Crippen molar-refractivity contribution in [1.82, 2.24) is 0 Å². The lowest BCUT2D eigenvalue weighted by atomic mass is 9.96. The fourth-order valence-corrected chi connectivity index (χ4v) is 3.27. The summed E-state index contributed by atoms with van der Waals surface area (Å²) < 4.78 is 0. The van der Waals surface area contributed by atoms with Crippen LogP contribution in [-0.2, 0) is 0 Å². The number of hydrogen-bond donors (Lipinski definition) is 0. The standard InChI is InChI=1S/C24H20BN/c25-21-13-17-24(18-14-21)26(22-9-5-2-6-10-22)23-15-11-20(12-16-23)19-7-3-1-4-8-19/h1,3-5,7-18H,2,6H2. The SMILES string of the molecule is [B]c1ccc(N(C2=CCCC=C2)c2ccc(-c3ccccc3)cc2)cc1. The van der Waals surface area contributed by atoms with E-state index in [1.165, 1.54) is 16.8 Å². The van der Waals surface area contributed by atoms with E-state index in [2.05, 4.69) is 83.8 Å². The molecule has 0 aliphatic heterocycles. The zero-order valence-electron chi connectivity index (χ0n) is 14.7. The van der Waals surface area contributed by atoms with Gasteiger partial charge in [-0.2, -0.15) is 0 Å². The fraction of sp³-hybridized carbons (Fsp3) is 0.0833. The average Bonchev–Trinajstić information content (AvgIpc) is 2.72. The first-order valence-electron chi connectivity index (χ1n) is 8.99. The number of benzene rings is 3. The highest BCUT2D eigenvalue weighted by Crippen LogP contribution is 2.33. The average molecular weight is 333 g/mol. The van der Waals surface area contributed by atoms with Gasteiger partial charge in [0.05, 0.1) is 0 Å². The number of hydrogen-bond acceptors (Lipinski definition) is 1. The van der Waals surface area contributed by atoms with Gasteiger partial charge in [0.1, 0.15) is 7.85 Å². The van der Waals surface area contributed by atoms with Crippen molar-refractivity contribution >= 4 is 24.7 Å². The van der Waals surface area contributed by atoms with Gasteiger partial charge < -0.3 is 4.90 Å². The summed E-state index contributed by atoms with van der Waals surface area (Å²) in [5.74, 6) is 0. The van der Waals surface area contributed by atoms with Gasteiger partial charge in [0.25, 0.3) is 0 Å². The molecular weight excluding hydrogens is 313 g/mol. The summed E-state index contributed by atoms with van der Waals surface area (Å²) in [4.78, 5) is 2.28. The minimum Gasteiger partial charge on any atom is -0.311 e. The molecule has 0 aromatic heterocycles. The molecular formula is C24H20BN. The first-order chi connectivity index (χ1) is 12.8. The lowest BCUT2D eigenvalue weighted by Gasteiger charge is -2.28. The Bertz CT molecular complexity index is 922. The number of anilines is 2. The third-order valence-electron chi connectivity index (χ3n) is 4.62. The molecule has 0 N–H and O–H groups in total. The van der Waals surface area contributed by atoms with Gasteiger partial charge >= 0.3 is 0 Å². The molecule has 3 aromatic carbocycles. The zero-order valence-corrected chi connectivity index (χ0v) is 14.7. The highest BCUT2D eigenvalue weighted by atomic mass is 15.1. The smallest absolute Gasteiger partial charge is 0.113 e. The first kappa shape index (κ1) is 16.5. The molecule has 4 rings (SSSR count). The van der Waals surface area contributed by atoms with Gasteiger partial charge in [-0.3, -0.25) is 0 Å². The molecule has 0 heterocycles. The Morgan fingerprint density at radius 1 is 0.654 bits per heavy atom. The predicted molar refractivity (Wildman–Crippen MR) is 112 cm³/mol. The Labute approximate surface area is 156 Å². The van der Waals surface area contributed by atoms with Crippen molar-refractivity contribution in [3.05, 3.63) is 103 Å². The van der Waals surface area contributed by atoms with Crippen molar-refractivity contribution in [2.45, 2.75) is 12.8 Å². The summed E-state index contributed by atoms with van der Waals surface area (Å²) in [5.41, 5.74) is 6.70. The summed E-state index contributed by atoms with van der Waals surface area (Å²) in [7, 11) is 5.88. The van der Waals surface area contributed by atoms with Crippen molar-refractivity contribution in [2.24, 2.45) is 0 Å². The lowest BCUT2D eigenvalue weighted by molar-refractivity contribution is 0.997. The van der Waals surface area contributed by atoms with Gasteiger partial charge in [-0.15, -0.1) is 0 Å². The summed E-state index contributed by atoms with van der Waals surface area (Å²) in [6.45, 7) is 0. The largest absolute Gasteiger partial charge is 0.311 e. The highest BCUT2D eigenvalue weighted by Gasteiger charge is 2.14. The van der Waals surface area contributed by atoms with E-state index in [1.807, 2.05) is 18.2 Å². The van der Waals surface area contributed by atoms with Crippen molar-refractivity contribution in [3.63, 3.8) is 0 Å². The first-order valence-corrected chi connectivity index (χ1v) is 8.99. The van der Waals surface area contributed by atoms with E-state index in [0.29, 0.717) is 0 Å². The van der Waals surface area contributed by atoms with E-state index in [-0.39, 0.29) is 0 Å². The van der Waals surface area contributed by atoms with Crippen LogP contribution < -0.4 is 10.4 Å². The van der Waals surface area contributed by atoms with Crippen LogP contribution >= 0.6 is 0 Å². The predicted octanol–water partition coefficient (Wildman–Crippen LogP) is 5.52. The van der Waals surface area contributed by atoms with Crippen LogP contribution in [0.1, 0.15) is 12.8 Å². The molecule has 0 saturated heterocycles. The van der Waals surface area contributed by atoms with E-state index < -0.39 is 0 Å². The summed E-state index contributed by atoms with van der Waals surface area (Å²) >= 11 is 0. The number of nitrogens with zero attached hydrogens (tertiary/aromatic N) is 1.